The minimum Gasteiger partial charge on any atom is -0.466 e. The van der Waals surface area contributed by atoms with Gasteiger partial charge in [0.25, 0.3) is 0 Å². The second-order valence-corrected chi connectivity index (χ2v) is 22.7. The zero-order chi connectivity index (χ0) is 45.5. The van der Waals surface area contributed by atoms with E-state index in [0.717, 1.165) is 45.1 Å². The molecule has 9 aromatic rings. The van der Waals surface area contributed by atoms with Gasteiger partial charge in [-0.2, -0.15) is 0 Å². The molecule has 11 rings (SSSR count). The van der Waals surface area contributed by atoms with Crippen LogP contribution < -0.4 is 20.9 Å². The molecule has 0 saturated carbocycles. The normalized spacial score (nSPS) is 13.8. The van der Waals surface area contributed by atoms with Crippen LogP contribution in [0.4, 0.5) is 34.1 Å². The maximum atomic E-state index is 7.42. The molecule has 2 aliphatic heterocycles. The second kappa shape index (κ2) is 14.0. The van der Waals surface area contributed by atoms with E-state index in [1.54, 1.807) is 0 Å². The molecule has 0 fully saturated rings. The Kier molecular flexibility index (Phi) is 8.90. The van der Waals surface area contributed by atoms with Crippen LogP contribution in [0, 0.1) is 0 Å². The highest BCUT2D eigenvalue weighted by Crippen LogP contribution is 2.52. The predicted octanol–water partition coefficient (Wildman–Crippen LogP) is 15.6. The first kappa shape index (κ1) is 41.3. The maximum absolute atomic E-state index is 7.42. The van der Waals surface area contributed by atoms with E-state index >= 15 is 0 Å². The summed E-state index contributed by atoms with van der Waals surface area (Å²) in [5, 5.41) is 3.64. The van der Waals surface area contributed by atoms with Gasteiger partial charge in [0.05, 0.1) is 11.4 Å². The van der Waals surface area contributed by atoms with Crippen molar-refractivity contribution in [1.82, 2.24) is 4.48 Å². The van der Waals surface area contributed by atoms with Crippen LogP contribution in [0.2, 0.25) is 0 Å². The summed E-state index contributed by atoms with van der Waals surface area (Å²) in [5.74, 6) is 0. The molecule has 0 radical (unpaired) electrons. The van der Waals surface area contributed by atoms with Crippen molar-refractivity contribution in [2.24, 2.45) is 0 Å². The molecule has 0 bridgehead atoms. The molecule has 0 saturated heterocycles. The van der Waals surface area contributed by atoms with Crippen LogP contribution in [-0.4, -0.2) is 11.3 Å². The highest BCUT2D eigenvalue weighted by molar-refractivity contribution is 6.89. The third-order valence-electron chi connectivity index (χ3n) is 14.1. The molecule has 2 aromatic heterocycles. The number of hydrogen-bond donors (Lipinski definition) is 0. The first-order valence-electron chi connectivity index (χ1n) is 23.5. The summed E-state index contributed by atoms with van der Waals surface area (Å²) >= 11 is 0. The van der Waals surface area contributed by atoms with Crippen LogP contribution in [0.3, 0.4) is 0 Å². The lowest BCUT2D eigenvalue weighted by atomic mass is 9.47. The van der Waals surface area contributed by atoms with Crippen molar-refractivity contribution >= 4 is 84.9 Å². The predicted molar refractivity (Wildman–Crippen MR) is 279 cm³/mol. The minimum atomic E-state index is -0.232. The monoisotopic (exact) mass is 849 g/mol. The Bertz CT molecular complexity index is 3310. The summed E-state index contributed by atoms with van der Waals surface area (Å²) in [6.07, 6.45) is 0. The molecule has 0 unspecified atom stereocenters. The van der Waals surface area contributed by atoms with Crippen molar-refractivity contribution in [2.45, 2.75) is 105 Å². The highest BCUT2D eigenvalue weighted by Gasteiger charge is 2.47. The lowest BCUT2D eigenvalue weighted by Gasteiger charge is -2.40. The van der Waals surface area contributed by atoms with Gasteiger partial charge in [0.2, 0.25) is 0 Å². The minimum absolute atomic E-state index is 0.0245. The number of aromatic nitrogens is 1. The topological polar surface area (TPSA) is 24.6 Å². The van der Waals surface area contributed by atoms with Gasteiger partial charge in [-0.05, 0) is 134 Å². The number of fused-ring (bicyclic) bond motifs is 9. The summed E-state index contributed by atoms with van der Waals surface area (Å²) in [6, 6.07) is 54.8. The van der Waals surface area contributed by atoms with Crippen LogP contribution in [0.15, 0.2) is 150 Å². The first-order valence-corrected chi connectivity index (χ1v) is 23.5. The summed E-state index contributed by atoms with van der Waals surface area (Å²) < 4.78 is 10.1. The van der Waals surface area contributed by atoms with E-state index in [2.05, 4.69) is 243 Å². The largest absolute Gasteiger partial charge is 0.466 e. The Morgan fingerprint density at radius 1 is 0.492 bits per heavy atom. The van der Waals surface area contributed by atoms with Crippen molar-refractivity contribution < 1.29 is 4.42 Å². The van der Waals surface area contributed by atoms with E-state index in [-0.39, 0.29) is 28.5 Å². The van der Waals surface area contributed by atoms with Gasteiger partial charge >= 0.3 is 6.85 Å². The van der Waals surface area contributed by atoms with Crippen molar-refractivity contribution in [3.8, 4) is 11.1 Å². The van der Waals surface area contributed by atoms with Crippen LogP contribution in [0.1, 0.15) is 105 Å². The quantitative estimate of drug-likeness (QED) is 0.165. The van der Waals surface area contributed by atoms with Crippen LogP contribution in [0.25, 0.3) is 43.9 Å². The molecule has 5 heteroatoms. The van der Waals surface area contributed by atoms with E-state index in [9.17, 15) is 0 Å². The standard InChI is InChI=1S/C60H60BN3O/c1-57(2,3)37-26-29-43(30-27-37)63-50-36-40(60(10,11)12)33-44-45-34-39(59(7,8)9)35-47-52-48(62(41-20-15-13-16-21-41)42-22-17-14-18-23-42)24-19-25-49(52)64(54(45)47)61(53(44)50)56-55(63)46-32-38(58(4,5)6)28-31-51(46)65-56/h13-36H,1-12H3. The molecule has 0 amide bonds. The summed E-state index contributed by atoms with van der Waals surface area (Å²) in [6.45, 7) is 27.7. The fourth-order valence-electron chi connectivity index (χ4n) is 10.5. The average Bonchev–Trinajstić information content (AvgIpc) is 3.81. The smallest absolute Gasteiger partial charge is 0.375 e. The molecule has 0 aliphatic carbocycles. The van der Waals surface area contributed by atoms with E-state index in [1.165, 1.54) is 66.3 Å². The number of anilines is 6. The number of hydrogen-bond acceptors (Lipinski definition) is 3. The molecule has 4 nitrogen and oxygen atoms in total. The van der Waals surface area contributed by atoms with Crippen molar-refractivity contribution in [1.29, 1.82) is 0 Å². The molecule has 0 atom stereocenters. The zero-order valence-electron chi connectivity index (χ0n) is 40.2. The van der Waals surface area contributed by atoms with Crippen LogP contribution >= 0.6 is 0 Å². The summed E-state index contributed by atoms with van der Waals surface area (Å²) in [7, 11) is 0. The molecule has 324 valence electrons. The van der Waals surface area contributed by atoms with Gasteiger partial charge in [-0.15, -0.1) is 0 Å². The molecule has 7 aromatic carbocycles. The maximum Gasteiger partial charge on any atom is 0.375 e. The fraction of sp³-hybridized carbons (Fsp3) is 0.267. The van der Waals surface area contributed by atoms with Gasteiger partial charge < -0.3 is 18.7 Å². The van der Waals surface area contributed by atoms with Gasteiger partial charge in [-0.3, -0.25) is 0 Å². The van der Waals surface area contributed by atoms with E-state index in [4.69, 9.17) is 4.42 Å². The van der Waals surface area contributed by atoms with Gasteiger partial charge in [0.15, 0.2) is 0 Å². The Morgan fingerprint density at radius 2 is 1.05 bits per heavy atom. The van der Waals surface area contributed by atoms with E-state index in [1.807, 2.05) is 0 Å². The molecular formula is C60H60BN3O. The second-order valence-electron chi connectivity index (χ2n) is 22.7. The molecule has 0 spiro atoms. The van der Waals surface area contributed by atoms with Gasteiger partial charge in [0, 0.05) is 55.5 Å². The van der Waals surface area contributed by atoms with Gasteiger partial charge in [-0.1, -0.05) is 150 Å². The summed E-state index contributed by atoms with van der Waals surface area (Å²) in [4.78, 5) is 4.98. The average molecular weight is 850 g/mol. The van der Waals surface area contributed by atoms with Gasteiger partial charge in [-0.25, -0.2) is 0 Å². The third kappa shape index (κ3) is 6.40. The Labute approximate surface area is 385 Å². The Hall–Kier alpha value is -6.46. The molecular weight excluding hydrogens is 789 g/mol. The lowest BCUT2D eigenvalue weighted by molar-refractivity contribution is 0.589. The van der Waals surface area contributed by atoms with Gasteiger partial charge in [0.1, 0.15) is 11.2 Å². The number of para-hydroxylation sites is 2. The number of benzene rings is 7. The van der Waals surface area contributed by atoms with E-state index < -0.39 is 0 Å². The van der Waals surface area contributed by atoms with Crippen molar-refractivity contribution in [3.63, 3.8) is 0 Å². The third-order valence-corrected chi connectivity index (χ3v) is 14.1. The molecule has 4 heterocycles. The Balaban J connectivity index is 1.32. The molecule has 0 N–H and O–H groups in total. The fourth-order valence-corrected chi connectivity index (χ4v) is 10.5. The Morgan fingerprint density at radius 3 is 1.65 bits per heavy atom. The SMILES string of the molecule is CC(C)(C)c1ccc(N2c3cc(C(C)(C)C)cc4c3B(c3oc5ccc(C(C)(C)C)cc5c32)n2c3cccc(N(c5ccccc5)c5ccccc5)c3c3cc(C(C)(C)C)cc-4c32)cc1. The van der Waals surface area contributed by atoms with Crippen molar-refractivity contribution in [2.75, 3.05) is 9.80 Å². The highest BCUT2D eigenvalue weighted by atomic mass is 16.3. The van der Waals surface area contributed by atoms with Crippen LogP contribution in [0.5, 0.6) is 0 Å². The van der Waals surface area contributed by atoms with Crippen molar-refractivity contribution in [3.05, 3.63) is 168 Å². The lowest BCUT2D eigenvalue weighted by Crippen LogP contribution is -2.56. The van der Waals surface area contributed by atoms with E-state index in [0.29, 0.717) is 0 Å². The first-order chi connectivity index (χ1) is 30.8. The number of furan rings is 1. The van der Waals surface area contributed by atoms with Crippen LogP contribution in [-0.2, 0) is 21.7 Å². The summed E-state index contributed by atoms with van der Waals surface area (Å²) in [5.41, 5.74) is 20.0. The molecule has 2 aliphatic rings. The number of nitrogens with zero attached hydrogens (tertiary/aromatic N) is 3. The zero-order valence-corrected chi connectivity index (χ0v) is 40.2. The molecule has 65 heavy (non-hydrogen) atoms. The number of rotatable bonds is 4.